The minimum atomic E-state index is -0.209. The zero-order valence-electron chi connectivity index (χ0n) is 12.1. The molecule has 23 heavy (non-hydrogen) atoms. The summed E-state index contributed by atoms with van der Waals surface area (Å²) in [5.74, 6) is -0.209. The first-order valence-electron chi connectivity index (χ1n) is 7.24. The SMILES string of the molecule is Fc1cc(Br)ccc1-c1ccsc1-c1ccc2ccccc2c1. The Labute approximate surface area is 146 Å². The lowest BCUT2D eigenvalue weighted by atomic mass is 10.0. The summed E-state index contributed by atoms with van der Waals surface area (Å²) in [6, 6.07) is 21.9. The summed E-state index contributed by atoms with van der Waals surface area (Å²) < 4.78 is 15.1. The average molecular weight is 383 g/mol. The van der Waals surface area contributed by atoms with Crippen molar-refractivity contribution >= 4 is 38.0 Å². The molecular formula is C20H12BrFS. The van der Waals surface area contributed by atoms with E-state index in [2.05, 4.69) is 46.3 Å². The normalized spacial score (nSPS) is 11.0. The smallest absolute Gasteiger partial charge is 0.132 e. The predicted molar refractivity (Wildman–Crippen MR) is 100 cm³/mol. The number of benzene rings is 3. The van der Waals surface area contributed by atoms with Gasteiger partial charge in [-0.3, -0.25) is 0 Å². The molecule has 0 unspecified atom stereocenters. The molecule has 0 saturated carbocycles. The van der Waals surface area contributed by atoms with Gasteiger partial charge < -0.3 is 0 Å². The third-order valence-corrected chi connectivity index (χ3v) is 5.35. The van der Waals surface area contributed by atoms with Crippen LogP contribution in [0.15, 0.2) is 76.6 Å². The topological polar surface area (TPSA) is 0 Å². The molecule has 4 aromatic rings. The van der Waals surface area contributed by atoms with Crippen molar-refractivity contribution in [3.8, 4) is 21.6 Å². The molecule has 4 rings (SSSR count). The maximum absolute atomic E-state index is 14.3. The summed E-state index contributed by atoms with van der Waals surface area (Å²) in [7, 11) is 0. The Hall–Kier alpha value is -1.97. The molecular weight excluding hydrogens is 371 g/mol. The zero-order valence-corrected chi connectivity index (χ0v) is 14.5. The van der Waals surface area contributed by atoms with Crippen molar-refractivity contribution in [2.24, 2.45) is 0 Å². The van der Waals surface area contributed by atoms with Crippen molar-refractivity contribution in [2.45, 2.75) is 0 Å². The van der Waals surface area contributed by atoms with E-state index in [4.69, 9.17) is 0 Å². The van der Waals surface area contributed by atoms with Crippen molar-refractivity contribution in [3.63, 3.8) is 0 Å². The Balaban J connectivity index is 1.88. The van der Waals surface area contributed by atoms with Crippen LogP contribution in [0.3, 0.4) is 0 Å². The molecule has 0 fully saturated rings. The first-order chi connectivity index (χ1) is 11.2. The van der Waals surface area contributed by atoms with Gasteiger partial charge in [-0.05, 0) is 46.0 Å². The number of rotatable bonds is 2. The van der Waals surface area contributed by atoms with E-state index in [0.29, 0.717) is 5.56 Å². The zero-order chi connectivity index (χ0) is 15.8. The molecule has 0 nitrogen and oxygen atoms in total. The second kappa shape index (κ2) is 5.91. The van der Waals surface area contributed by atoms with Crippen LogP contribution < -0.4 is 0 Å². The lowest BCUT2D eigenvalue weighted by molar-refractivity contribution is 0.630. The Kier molecular flexibility index (Phi) is 3.76. The second-order valence-electron chi connectivity index (χ2n) is 5.35. The molecule has 0 atom stereocenters. The molecule has 1 heterocycles. The van der Waals surface area contributed by atoms with E-state index in [1.807, 2.05) is 35.7 Å². The molecule has 0 spiro atoms. The van der Waals surface area contributed by atoms with Crippen molar-refractivity contribution < 1.29 is 4.39 Å². The molecule has 0 saturated heterocycles. The Morgan fingerprint density at radius 2 is 1.61 bits per heavy atom. The van der Waals surface area contributed by atoms with E-state index in [9.17, 15) is 4.39 Å². The molecule has 0 aliphatic rings. The van der Waals surface area contributed by atoms with Gasteiger partial charge in [-0.2, -0.15) is 0 Å². The van der Waals surface area contributed by atoms with Gasteiger partial charge in [0.05, 0.1) is 0 Å². The Morgan fingerprint density at radius 3 is 2.43 bits per heavy atom. The minimum Gasteiger partial charge on any atom is -0.206 e. The third kappa shape index (κ3) is 2.71. The van der Waals surface area contributed by atoms with Gasteiger partial charge in [0.2, 0.25) is 0 Å². The average Bonchev–Trinajstić information content (AvgIpc) is 3.04. The van der Waals surface area contributed by atoms with Crippen LogP contribution in [0.5, 0.6) is 0 Å². The molecule has 112 valence electrons. The Bertz CT molecular complexity index is 1000. The fourth-order valence-electron chi connectivity index (χ4n) is 2.78. The molecule has 1 aromatic heterocycles. The summed E-state index contributed by atoms with van der Waals surface area (Å²) in [5.41, 5.74) is 2.70. The molecule has 0 N–H and O–H groups in total. The summed E-state index contributed by atoms with van der Waals surface area (Å²) >= 11 is 4.95. The predicted octanol–water partition coefficient (Wildman–Crippen LogP) is 7.14. The number of hydrogen-bond acceptors (Lipinski definition) is 1. The number of fused-ring (bicyclic) bond motifs is 1. The third-order valence-electron chi connectivity index (χ3n) is 3.90. The fourth-order valence-corrected chi connectivity index (χ4v) is 4.02. The summed E-state index contributed by atoms with van der Waals surface area (Å²) in [4.78, 5) is 1.09. The monoisotopic (exact) mass is 382 g/mol. The first kappa shape index (κ1) is 14.6. The largest absolute Gasteiger partial charge is 0.206 e. The standard InChI is InChI=1S/C20H12BrFS/c21-16-7-8-17(19(22)12-16)18-9-10-23-20(18)15-6-5-13-3-1-2-4-14(13)11-15/h1-12H. The molecule has 0 radical (unpaired) electrons. The molecule has 3 aromatic carbocycles. The molecule has 3 heteroatoms. The number of hydrogen-bond donors (Lipinski definition) is 0. The summed E-state index contributed by atoms with van der Waals surface area (Å²) in [6.45, 7) is 0. The van der Waals surface area contributed by atoms with Gasteiger partial charge in [-0.25, -0.2) is 4.39 Å². The molecule has 0 aliphatic carbocycles. The van der Waals surface area contributed by atoms with Crippen molar-refractivity contribution in [3.05, 3.63) is 82.4 Å². The van der Waals surface area contributed by atoms with E-state index in [0.717, 1.165) is 20.5 Å². The lowest BCUT2D eigenvalue weighted by Gasteiger charge is -2.07. The van der Waals surface area contributed by atoms with Crippen LogP contribution in [0.1, 0.15) is 0 Å². The van der Waals surface area contributed by atoms with Gasteiger partial charge >= 0.3 is 0 Å². The van der Waals surface area contributed by atoms with Crippen LogP contribution in [-0.4, -0.2) is 0 Å². The molecule has 0 amide bonds. The van der Waals surface area contributed by atoms with Gasteiger partial charge in [-0.1, -0.05) is 58.4 Å². The van der Waals surface area contributed by atoms with Gasteiger partial charge in [-0.15, -0.1) is 11.3 Å². The van der Waals surface area contributed by atoms with Crippen molar-refractivity contribution in [1.82, 2.24) is 0 Å². The molecule has 0 aliphatic heterocycles. The van der Waals surface area contributed by atoms with Crippen LogP contribution in [0, 0.1) is 5.82 Å². The van der Waals surface area contributed by atoms with E-state index in [-0.39, 0.29) is 5.82 Å². The van der Waals surface area contributed by atoms with Crippen LogP contribution in [0.4, 0.5) is 4.39 Å². The van der Waals surface area contributed by atoms with E-state index >= 15 is 0 Å². The van der Waals surface area contributed by atoms with Gasteiger partial charge in [0.1, 0.15) is 5.82 Å². The van der Waals surface area contributed by atoms with Gasteiger partial charge in [0, 0.05) is 20.5 Å². The maximum Gasteiger partial charge on any atom is 0.132 e. The number of halogens is 2. The van der Waals surface area contributed by atoms with Crippen LogP contribution in [0.2, 0.25) is 0 Å². The van der Waals surface area contributed by atoms with Gasteiger partial charge in [0.25, 0.3) is 0 Å². The minimum absolute atomic E-state index is 0.209. The highest BCUT2D eigenvalue weighted by Crippen LogP contribution is 2.39. The lowest BCUT2D eigenvalue weighted by Crippen LogP contribution is -1.85. The highest BCUT2D eigenvalue weighted by molar-refractivity contribution is 9.10. The van der Waals surface area contributed by atoms with Crippen LogP contribution in [-0.2, 0) is 0 Å². The van der Waals surface area contributed by atoms with E-state index < -0.39 is 0 Å². The molecule has 0 bridgehead atoms. The fraction of sp³-hybridized carbons (Fsp3) is 0. The van der Waals surface area contributed by atoms with Crippen LogP contribution >= 0.6 is 27.3 Å². The highest BCUT2D eigenvalue weighted by atomic mass is 79.9. The van der Waals surface area contributed by atoms with Crippen LogP contribution in [0.25, 0.3) is 32.3 Å². The summed E-state index contributed by atoms with van der Waals surface area (Å²) in [5, 5.41) is 4.42. The maximum atomic E-state index is 14.3. The quantitative estimate of drug-likeness (QED) is 0.345. The van der Waals surface area contributed by atoms with E-state index in [1.165, 1.54) is 16.8 Å². The van der Waals surface area contributed by atoms with Crippen molar-refractivity contribution in [1.29, 1.82) is 0 Å². The second-order valence-corrected chi connectivity index (χ2v) is 7.18. The summed E-state index contributed by atoms with van der Waals surface area (Å²) in [6.07, 6.45) is 0. The first-order valence-corrected chi connectivity index (χ1v) is 8.92. The van der Waals surface area contributed by atoms with Crippen molar-refractivity contribution in [2.75, 3.05) is 0 Å². The highest BCUT2D eigenvalue weighted by Gasteiger charge is 2.13. The number of thiophene rings is 1. The van der Waals surface area contributed by atoms with E-state index in [1.54, 1.807) is 11.3 Å². The van der Waals surface area contributed by atoms with Gasteiger partial charge in [0.15, 0.2) is 0 Å². The Morgan fingerprint density at radius 1 is 0.783 bits per heavy atom.